The fraction of sp³-hybridized carbons (Fsp3) is 1.00. The molecule has 1 heterocycles. The van der Waals surface area contributed by atoms with E-state index in [0.29, 0.717) is 6.04 Å². The predicted octanol–water partition coefficient (Wildman–Crippen LogP) is 0.868. The Labute approximate surface area is 94.8 Å². The van der Waals surface area contributed by atoms with Gasteiger partial charge < -0.3 is 10.2 Å². The van der Waals surface area contributed by atoms with Crippen LogP contribution in [0.5, 0.6) is 0 Å². The van der Waals surface area contributed by atoms with Gasteiger partial charge in [-0.05, 0) is 39.5 Å². The zero-order valence-corrected chi connectivity index (χ0v) is 10.8. The molecule has 1 rings (SSSR count). The summed E-state index contributed by atoms with van der Waals surface area (Å²) in [7, 11) is 4.31. The van der Waals surface area contributed by atoms with E-state index in [0.717, 1.165) is 12.5 Å². The van der Waals surface area contributed by atoms with Gasteiger partial charge in [-0.15, -0.1) is 0 Å². The van der Waals surface area contributed by atoms with Gasteiger partial charge in [0.2, 0.25) is 0 Å². The summed E-state index contributed by atoms with van der Waals surface area (Å²) in [5.74, 6) is 0.748. The second-order valence-corrected chi connectivity index (χ2v) is 5.21. The number of nitrogens with one attached hydrogen (secondary N) is 1. The van der Waals surface area contributed by atoms with Gasteiger partial charge in [0.05, 0.1) is 0 Å². The Morgan fingerprint density at radius 3 is 2.73 bits per heavy atom. The van der Waals surface area contributed by atoms with Gasteiger partial charge in [-0.2, -0.15) is 0 Å². The average molecular weight is 213 g/mol. The van der Waals surface area contributed by atoms with E-state index in [1.165, 1.54) is 32.6 Å². The largest absolute Gasteiger partial charge is 0.315 e. The summed E-state index contributed by atoms with van der Waals surface area (Å²) in [5.41, 5.74) is 0. The van der Waals surface area contributed by atoms with Crippen molar-refractivity contribution in [3.8, 4) is 0 Å². The Morgan fingerprint density at radius 1 is 1.40 bits per heavy atom. The van der Waals surface area contributed by atoms with E-state index >= 15 is 0 Å². The van der Waals surface area contributed by atoms with Crippen LogP contribution in [0.15, 0.2) is 0 Å². The van der Waals surface area contributed by atoms with Crippen molar-refractivity contribution < 1.29 is 0 Å². The van der Waals surface area contributed by atoms with Gasteiger partial charge in [0.1, 0.15) is 0 Å². The minimum Gasteiger partial charge on any atom is -0.315 e. The maximum Gasteiger partial charge on any atom is 0.0244 e. The van der Waals surface area contributed by atoms with Crippen LogP contribution in [0.1, 0.15) is 20.3 Å². The minimum absolute atomic E-state index is 0.715. The molecule has 0 aromatic carbocycles. The lowest BCUT2D eigenvalue weighted by Crippen LogP contribution is -2.45. The molecule has 1 aliphatic rings. The Kier molecular flexibility index (Phi) is 5.58. The second-order valence-electron chi connectivity index (χ2n) is 5.21. The maximum absolute atomic E-state index is 3.54. The van der Waals surface area contributed by atoms with E-state index in [9.17, 15) is 0 Å². The van der Waals surface area contributed by atoms with E-state index < -0.39 is 0 Å². The summed E-state index contributed by atoms with van der Waals surface area (Å²) in [6, 6.07) is 0.715. The molecule has 1 fully saturated rings. The Morgan fingerprint density at radius 2 is 2.13 bits per heavy atom. The molecule has 1 aliphatic heterocycles. The topological polar surface area (TPSA) is 18.5 Å². The molecule has 3 nitrogen and oxygen atoms in total. The summed E-state index contributed by atoms with van der Waals surface area (Å²) >= 11 is 0. The Hall–Kier alpha value is -0.120. The average Bonchev–Trinajstić information content (AvgIpc) is 2.39. The fourth-order valence-electron chi connectivity index (χ4n) is 2.22. The van der Waals surface area contributed by atoms with Crippen molar-refractivity contribution in [1.29, 1.82) is 0 Å². The van der Waals surface area contributed by atoms with Crippen molar-refractivity contribution in [3.63, 3.8) is 0 Å². The van der Waals surface area contributed by atoms with Gasteiger partial charge in [-0.25, -0.2) is 0 Å². The molecule has 1 N–H and O–H groups in total. The highest BCUT2D eigenvalue weighted by Gasteiger charge is 2.22. The van der Waals surface area contributed by atoms with Gasteiger partial charge in [-0.1, -0.05) is 13.8 Å². The van der Waals surface area contributed by atoms with Crippen LogP contribution in [0.3, 0.4) is 0 Å². The van der Waals surface area contributed by atoms with Crippen molar-refractivity contribution in [2.45, 2.75) is 26.3 Å². The quantitative estimate of drug-likeness (QED) is 0.747. The molecule has 15 heavy (non-hydrogen) atoms. The Bertz CT molecular complexity index is 168. The Balaban J connectivity index is 2.46. The first-order chi connectivity index (χ1) is 7.11. The lowest BCUT2D eigenvalue weighted by Gasteiger charge is -2.33. The van der Waals surface area contributed by atoms with Crippen LogP contribution in [-0.2, 0) is 0 Å². The van der Waals surface area contributed by atoms with Crippen LogP contribution >= 0.6 is 0 Å². The van der Waals surface area contributed by atoms with Crippen LogP contribution in [0.25, 0.3) is 0 Å². The van der Waals surface area contributed by atoms with Gasteiger partial charge in [0, 0.05) is 25.7 Å². The molecular formula is C12H27N3. The summed E-state index contributed by atoms with van der Waals surface area (Å²) in [6.07, 6.45) is 1.29. The molecule has 0 aliphatic carbocycles. The molecule has 1 saturated heterocycles. The molecule has 0 aromatic heterocycles. The SMILES string of the molecule is CC(C)C1CNCCCN1CCN(C)C. The predicted molar refractivity (Wildman–Crippen MR) is 66.2 cm³/mol. The molecule has 0 radical (unpaired) electrons. The van der Waals surface area contributed by atoms with Crippen molar-refractivity contribution in [2.24, 2.45) is 5.92 Å². The van der Waals surface area contributed by atoms with E-state index in [1.807, 2.05) is 0 Å². The van der Waals surface area contributed by atoms with Crippen LogP contribution in [-0.4, -0.2) is 62.7 Å². The smallest absolute Gasteiger partial charge is 0.0244 e. The molecule has 0 spiro atoms. The molecule has 0 bridgehead atoms. The standard InChI is InChI=1S/C12H27N3/c1-11(2)12-10-13-6-5-7-15(12)9-8-14(3)4/h11-13H,5-10H2,1-4H3. The highest BCUT2D eigenvalue weighted by atomic mass is 15.2. The van der Waals surface area contributed by atoms with Crippen LogP contribution < -0.4 is 5.32 Å². The third kappa shape index (κ3) is 4.49. The zero-order valence-electron chi connectivity index (χ0n) is 10.8. The maximum atomic E-state index is 3.54. The molecule has 1 atom stereocenters. The molecular weight excluding hydrogens is 186 g/mol. The molecule has 0 amide bonds. The monoisotopic (exact) mass is 213 g/mol. The molecule has 0 aromatic rings. The minimum atomic E-state index is 0.715. The highest BCUT2D eigenvalue weighted by molar-refractivity contribution is 4.80. The lowest BCUT2D eigenvalue weighted by molar-refractivity contribution is 0.153. The summed E-state index contributed by atoms with van der Waals surface area (Å²) < 4.78 is 0. The van der Waals surface area contributed by atoms with Gasteiger partial charge in [-0.3, -0.25) is 4.90 Å². The van der Waals surface area contributed by atoms with Crippen LogP contribution in [0.4, 0.5) is 0 Å². The number of rotatable bonds is 4. The normalized spacial score (nSPS) is 24.8. The number of likely N-dealkylation sites (N-methyl/N-ethyl adjacent to an activating group) is 1. The third-order valence-electron chi connectivity index (χ3n) is 3.23. The van der Waals surface area contributed by atoms with Crippen molar-refractivity contribution >= 4 is 0 Å². The highest BCUT2D eigenvalue weighted by Crippen LogP contribution is 2.12. The van der Waals surface area contributed by atoms with Crippen LogP contribution in [0, 0.1) is 5.92 Å². The van der Waals surface area contributed by atoms with Gasteiger partial charge >= 0.3 is 0 Å². The number of nitrogens with zero attached hydrogens (tertiary/aromatic N) is 2. The van der Waals surface area contributed by atoms with E-state index in [-0.39, 0.29) is 0 Å². The first-order valence-corrected chi connectivity index (χ1v) is 6.20. The van der Waals surface area contributed by atoms with E-state index in [4.69, 9.17) is 0 Å². The number of hydrogen-bond acceptors (Lipinski definition) is 3. The van der Waals surface area contributed by atoms with Crippen molar-refractivity contribution in [3.05, 3.63) is 0 Å². The molecule has 1 unspecified atom stereocenters. The summed E-state index contributed by atoms with van der Waals surface area (Å²) in [5, 5.41) is 3.54. The van der Waals surface area contributed by atoms with E-state index in [2.05, 4.69) is 43.1 Å². The van der Waals surface area contributed by atoms with Gasteiger partial charge in [0.15, 0.2) is 0 Å². The van der Waals surface area contributed by atoms with Gasteiger partial charge in [0.25, 0.3) is 0 Å². The lowest BCUT2D eigenvalue weighted by atomic mass is 10.0. The first kappa shape index (κ1) is 12.9. The summed E-state index contributed by atoms with van der Waals surface area (Å²) in [4.78, 5) is 4.93. The fourth-order valence-corrected chi connectivity index (χ4v) is 2.22. The first-order valence-electron chi connectivity index (χ1n) is 6.20. The van der Waals surface area contributed by atoms with Crippen molar-refractivity contribution in [1.82, 2.24) is 15.1 Å². The molecule has 3 heteroatoms. The van der Waals surface area contributed by atoms with E-state index in [1.54, 1.807) is 0 Å². The van der Waals surface area contributed by atoms with Crippen LogP contribution in [0.2, 0.25) is 0 Å². The number of hydrogen-bond donors (Lipinski definition) is 1. The molecule has 0 saturated carbocycles. The zero-order chi connectivity index (χ0) is 11.3. The summed E-state index contributed by atoms with van der Waals surface area (Å²) in [6.45, 7) is 10.6. The third-order valence-corrected chi connectivity index (χ3v) is 3.23. The van der Waals surface area contributed by atoms with Crippen molar-refractivity contribution in [2.75, 3.05) is 46.8 Å². The molecule has 90 valence electrons. The second kappa shape index (κ2) is 6.46.